The zero-order valence-electron chi connectivity index (χ0n) is 12.5. The van der Waals surface area contributed by atoms with E-state index in [1.165, 1.54) is 6.08 Å². The summed E-state index contributed by atoms with van der Waals surface area (Å²) < 4.78 is 20.8. The smallest absolute Gasteiger partial charge is 0.330 e. The third-order valence-electron chi connectivity index (χ3n) is 2.98. The van der Waals surface area contributed by atoms with E-state index in [0.29, 0.717) is 29.7 Å². The molecule has 22 heavy (non-hydrogen) atoms. The number of rotatable bonds is 8. The average molecular weight is 327 g/mol. The number of unbranched alkanes of at least 4 members (excludes halogenated alkanes) is 1. The Balaban J connectivity index is 1.77. The maximum atomic E-state index is 11.6. The van der Waals surface area contributed by atoms with Gasteiger partial charge >= 0.3 is 5.97 Å². The van der Waals surface area contributed by atoms with Crippen molar-refractivity contribution >= 4 is 23.6 Å². The molecule has 0 unspecified atom stereocenters. The second-order valence-electron chi connectivity index (χ2n) is 4.70. The first-order valence-electron chi connectivity index (χ1n) is 7.22. The van der Waals surface area contributed by atoms with Crippen LogP contribution in [0.1, 0.15) is 25.3 Å². The largest absolute Gasteiger partial charge is 0.460 e. The van der Waals surface area contributed by atoms with Gasteiger partial charge in [-0.3, -0.25) is 0 Å². The van der Waals surface area contributed by atoms with Gasteiger partial charge in [-0.15, -0.1) is 0 Å². The fourth-order valence-electron chi connectivity index (χ4n) is 1.85. The Labute approximate surface area is 134 Å². The summed E-state index contributed by atoms with van der Waals surface area (Å²) in [6.45, 7) is 3.60. The van der Waals surface area contributed by atoms with Crippen LogP contribution >= 0.6 is 11.6 Å². The molecule has 1 aromatic carbocycles. The lowest BCUT2D eigenvalue weighted by Crippen LogP contribution is -2.08. The molecule has 0 amide bonds. The van der Waals surface area contributed by atoms with Crippen LogP contribution in [0.5, 0.6) is 11.5 Å². The van der Waals surface area contributed by atoms with E-state index in [-0.39, 0.29) is 13.4 Å². The van der Waals surface area contributed by atoms with Crippen LogP contribution in [0.2, 0.25) is 5.02 Å². The van der Waals surface area contributed by atoms with Crippen LogP contribution < -0.4 is 9.47 Å². The molecule has 0 spiro atoms. The van der Waals surface area contributed by atoms with Crippen molar-refractivity contribution < 1.29 is 23.7 Å². The van der Waals surface area contributed by atoms with Crippen LogP contribution in [0, 0.1) is 0 Å². The molecule has 1 aliphatic heterocycles. The molecule has 5 nitrogen and oxygen atoms in total. The molecule has 0 saturated heterocycles. The van der Waals surface area contributed by atoms with E-state index in [1.54, 1.807) is 18.2 Å². The molecule has 0 radical (unpaired) electrons. The highest BCUT2D eigenvalue weighted by atomic mass is 35.5. The lowest BCUT2D eigenvalue weighted by Gasteiger charge is -2.04. The normalized spacial score (nSPS) is 12.8. The molecule has 0 aliphatic carbocycles. The molecule has 6 heteroatoms. The maximum absolute atomic E-state index is 11.6. The summed E-state index contributed by atoms with van der Waals surface area (Å²) in [5.41, 5.74) is 0.741. The summed E-state index contributed by atoms with van der Waals surface area (Å²) in [5.74, 6) is 0.684. The first kappa shape index (κ1) is 16.6. The highest BCUT2D eigenvalue weighted by molar-refractivity contribution is 6.32. The number of carbonyl (C=O) groups excluding carboxylic acids is 1. The summed E-state index contributed by atoms with van der Waals surface area (Å²) in [5, 5.41) is 0.451. The number of esters is 1. The Bertz CT molecular complexity index is 542. The molecule has 0 fully saturated rings. The Morgan fingerprint density at radius 1 is 1.32 bits per heavy atom. The Morgan fingerprint density at radius 3 is 3.00 bits per heavy atom. The van der Waals surface area contributed by atoms with Gasteiger partial charge in [0, 0.05) is 12.7 Å². The van der Waals surface area contributed by atoms with Crippen molar-refractivity contribution in [1.29, 1.82) is 0 Å². The standard InChI is InChI=1S/C16H19ClO5/c1-2-3-6-19-7-8-20-15(18)5-4-12-9-13(17)16-14(10-12)21-11-22-16/h4-5,9-10H,2-3,6-8,11H2,1H3. The molecule has 1 aromatic rings. The van der Waals surface area contributed by atoms with Gasteiger partial charge in [0.2, 0.25) is 6.79 Å². The van der Waals surface area contributed by atoms with E-state index in [4.69, 9.17) is 30.5 Å². The molecule has 120 valence electrons. The average Bonchev–Trinajstić information content (AvgIpc) is 2.98. The van der Waals surface area contributed by atoms with Crippen molar-refractivity contribution in [2.24, 2.45) is 0 Å². The van der Waals surface area contributed by atoms with Crippen LogP contribution in [0.25, 0.3) is 6.08 Å². The predicted octanol–water partition coefficient (Wildman–Crippen LogP) is 3.44. The molecule has 2 rings (SSSR count). The lowest BCUT2D eigenvalue weighted by atomic mass is 10.2. The molecule has 1 aliphatic rings. The molecule has 0 saturated carbocycles. The van der Waals surface area contributed by atoms with Crippen molar-refractivity contribution in [2.75, 3.05) is 26.6 Å². The summed E-state index contributed by atoms with van der Waals surface area (Å²) in [7, 11) is 0. The maximum Gasteiger partial charge on any atom is 0.330 e. The summed E-state index contributed by atoms with van der Waals surface area (Å²) in [6, 6.07) is 3.46. The van der Waals surface area contributed by atoms with Crippen molar-refractivity contribution in [3.63, 3.8) is 0 Å². The van der Waals surface area contributed by atoms with Gasteiger partial charge in [0.05, 0.1) is 11.6 Å². The Morgan fingerprint density at radius 2 is 2.18 bits per heavy atom. The second-order valence-corrected chi connectivity index (χ2v) is 5.11. The topological polar surface area (TPSA) is 54.0 Å². The van der Waals surface area contributed by atoms with Crippen LogP contribution in [-0.4, -0.2) is 32.6 Å². The van der Waals surface area contributed by atoms with Gasteiger partial charge in [-0.1, -0.05) is 24.9 Å². The van der Waals surface area contributed by atoms with E-state index in [9.17, 15) is 4.79 Å². The van der Waals surface area contributed by atoms with Crippen molar-refractivity contribution in [3.05, 3.63) is 28.8 Å². The highest BCUT2D eigenvalue weighted by Crippen LogP contribution is 2.40. The van der Waals surface area contributed by atoms with Crippen LogP contribution in [0.4, 0.5) is 0 Å². The first-order chi connectivity index (χ1) is 10.7. The predicted molar refractivity (Wildman–Crippen MR) is 83.3 cm³/mol. The number of hydrogen-bond donors (Lipinski definition) is 0. The first-order valence-corrected chi connectivity index (χ1v) is 7.60. The third kappa shape index (κ3) is 4.93. The molecule has 0 bridgehead atoms. The van der Waals surface area contributed by atoms with Gasteiger partial charge in [-0.2, -0.15) is 0 Å². The molecule has 0 atom stereocenters. The Kier molecular flexibility index (Phi) is 6.55. The van der Waals surface area contributed by atoms with E-state index in [0.717, 1.165) is 18.4 Å². The van der Waals surface area contributed by atoms with E-state index in [1.807, 2.05) is 0 Å². The number of hydrogen-bond acceptors (Lipinski definition) is 5. The lowest BCUT2D eigenvalue weighted by molar-refractivity contribution is -0.139. The number of benzene rings is 1. The van der Waals surface area contributed by atoms with Crippen molar-refractivity contribution in [1.82, 2.24) is 0 Å². The summed E-state index contributed by atoms with van der Waals surface area (Å²) >= 11 is 6.06. The zero-order valence-corrected chi connectivity index (χ0v) is 13.2. The second kappa shape index (κ2) is 8.66. The van der Waals surface area contributed by atoms with Gasteiger partial charge in [-0.25, -0.2) is 4.79 Å². The molecule has 0 N–H and O–H groups in total. The molecular formula is C16H19ClO5. The monoisotopic (exact) mass is 326 g/mol. The summed E-state index contributed by atoms with van der Waals surface area (Å²) in [4.78, 5) is 11.6. The van der Waals surface area contributed by atoms with Gasteiger partial charge in [-0.05, 0) is 30.2 Å². The number of halogens is 1. The molecule has 0 aromatic heterocycles. The van der Waals surface area contributed by atoms with E-state index in [2.05, 4.69) is 6.92 Å². The van der Waals surface area contributed by atoms with Crippen LogP contribution in [0.3, 0.4) is 0 Å². The van der Waals surface area contributed by atoms with E-state index < -0.39 is 5.97 Å². The molecular weight excluding hydrogens is 308 g/mol. The highest BCUT2D eigenvalue weighted by Gasteiger charge is 2.17. The van der Waals surface area contributed by atoms with Gasteiger partial charge in [0.25, 0.3) is 0 Å². The minimum Gasteiger partial charge on any atom is -0.460 e. The van der Waals surface area contributed by atoms with Crippen molar-refractivity contribution in [3.8, 4) is 11.5 Å². The van der Waals surface area contributed by atoms with Crippen LogP contribution in [0.15, 0.2) is 18.2 Å². The minimum absolute atomic E-state index is 0.155. The van der Waals surface area contributed by atoms with Gasteiger partial charge in [0.1, 0.15) is 6.61 Å². The quantitative estimate of drug-likeness (QED) is 0.416. The minimum atomic E-state index is -0.423. The number of fused-ring (bicyclic) bond motifs is 1. The number of carbonyl (C=O) groups is 1. The zero-order chi connectivity index (χ0) is 15.8. The van der Waals surface area contributed by atoms with Gasteiger partial charge in [0.15, 0.2) is 11.5 Å². The van der Waals surface area contributed by atoms with E-state index >= 15 is 0 Å². The SMILES string of the molecule is CCCCOCCOC(=O)C=Cc1cc(Cl)c2c(c1)OCO2. The molecule has 1 heterocycles. The number of ether oxygens (including phenoxy) is 4. The van der Waals surface area contributed by atoms with Crippen LogP contribution in [-0.2, 0) is 14.3 Å². The van der Waals surface area contributed by atoms with Crippen molar-refractivity contribution in [2.45, 2.75) is 19.8 Å². The third-order valence-corrected chi connectivity index (χ3v) is 3.26. The Hall–Kier alpha value is -1.72. The fourth-order valence-corrected chi connectivity index (χ4v) is 2.12. The van der Waals surface area contributed by atoms with Gasteiger partial charge < -0.3 is 18.9 Å². The fraction of sp³-hybridized carbons (Fsp3) is 0.438. The summed E-state index contributed by atoms with van der Waals surface area (Å²) in [6.07, 6.45) is 5.06.